The normalized spacial score (nSPS) is 12.5. The van der Waals surface area contributed by atoms with E-state index >= 15 is 0 Å². The van der Waals surface area contributed by atoms with Crippen LogP contribution in [0.15, 0.2) is 24.3 Å². The van der Waals surface area contributed by atoms with Crippen LogP contribution in [0.1, 0.15) is 46.1 Å². The second-order valence-corrected chi connectivity index (χ2v) is 7.46. The molecule has 0 radical (unpaired) electrons. The molecule has 1 aromatic carbocycles. The molecule has 0 unspecified atom stereocenters. The van der Waals surface area contributed by atoms with Crippen LogP contribution in [-0.2, 0) is 22.4 Å². The van der Waals surface area contributed by atoms with Gasteiger partial charge < -0.3 is 14.8 Å². The van der Waals surface area contributed by atoms with Crippen molar-refractivity contribution in [2.24, 2.45) is 0 Å². The summed E-state index contributed by atoms with van der Waals surface area (Å²) < 4.78 is 10.9. The number of carbonyl (C=O) groups is 2. The van der Waals surface area contributed by atoms with Gasteiger partial charge in [-0.05, 0) is 55.9 Å². The Balaban J connectivity index is 1.68. The molecule has 1 aliphatic rings. The number of hydrogen-bond acceptors (Lipinski definition) is 5. The van der Waals surface area contributed by atoms with Gasteiger partial charge in [0.15, 0.2) is 6.61 Å². The van der Waals surface area contributed by atoms with Gasteiger partial charge in [0.25, 0.3) is 5.91 Å². The van der Waals surface area contributed by atoms with Crippen LogP contribution < -0.4 is 10.1 Å². The zero-order valence-electron chi connectivity index (χ0n) is 15.1. The van der Waals surface area contributed by atoms with Crippen LogP contribution in [0, 0.1) is 6.92 Å². The number of hydrogen-bond donors (Lipinski definition) is 1. The standard InChI is InChI=1S/C20H23NO4S/c1-3-10-24-20(23)18-15-8-5-9-16(15)26-19(18)21-17(22)12-25-14-7-4-6-13(2)11-14/h4,6-7,11H,3,5,8-10,12H2,1-2H3,(H,21,22). The smallest absolute Gasteiger partial charge is 0.341 e. The summed E-state index contributed by atoms with van der Waals surface area (Å²) in [7, 11) is 0. The number of thiophene rings is 1. The third-order valence-corrected chi connectivity index (χ3v) is 5.38. The molecule has 1 heterocycles. The Morgan fingerprint density at radius 3 is 2.88 bits per heavy atom. The molecule has 0 saturated carbocycles. The van der Waals surface area contributed by atoms with E-state index in [1.54, 1.807) is 0 Å². The lowest BCUT2D eigenvalue weighted by Crippen LogP contribution is -2.21. The molecule has 1 aliphatic carbocycles. The van der Waals surface area contributed by atoms with Crippen LogP contribution in [0.5, 0.6) is 5.75 Å². The molecule has 1 N–H and O–H groups in total. The van der Waals surface area contributed by atoms with E-state index in [1.807, 2.05) is 38.1 Å². The van der Waals surface area contributed by atoms with Crippen LogP contribution in [0.4, 0.5) is 5.00 Å². The monoisotopic (exact) mass is 373 g/mol. The second-order valence-electron chi connectivity index (χ2n) is 6.35. The van der Waals surface area contributed by atoms with E-state index in [2.05, 4.69) is 5.32 Å². The van der Waals surface area contributed by atoms with Crippen molar-refractivity contribution in [1.29, 1.82) is 0 Å². The maximum atomic E-state index is 12.4. The Bertz CT molecular complexity index is 812. The van der Waals surface area contributed by atoms with Gasteiger partial charge in [-0.1, -0.05) is 19.1 Å². The van der Waals surface area contributed by atoms with Gasteiger partial charge in [0.05, 0.1) is 12.2 Å². The summed E-state index contributed by atoms with van der Waals surface area (Å²) >= 11 is 1.47. The summed E-state index contributed by atoms with van der Waals surface area (Å²) in [4.78, 5) is 25.9. The third kappa shape index (κ3) is 4.25. The third-order valence-electron chi connectivity index (χ3n) is 4.18. The average Bonchev–Trinajstić information content (AvgIpc) is 3.18. The number of esters is 1. The quantitative estimate of drug-likeness (QED) is 0.741. The summed E-state index contributed by atoms with van der Waals surface area (Å²) in [6.07, 6.45) is 3.62. The predicted octanol–water partition coefficient (Wildman–Crippen LogP) is 4.13. The predicted molar refractivity (Wildman–Crippen MR) is 102 cm³/mol. The number of nitrogens with one attached hydrogen (secondary N) is 1. The Morgan fingerprint density at radius 1 is 1.27 bits per heavy atom. The van der Waals surface area contributed by atoms with Crippen molar-refractivity contribution >= 4 is 28.2 Å². The summed E-state index contributed by atoms with van der Waals surface area (Å²) in [5.74, 6) is 0.0218. The first-order valence-corrected chi connectivity index (χ1v) is 9.71. The molecule has 0 bridgehead atoms. The number of carbonyl (C=O) groups excluding carboxylic acids is 2. The first kappa shape index (κ1) is 18.5. The second kappa shape index (κ2) is 8.36. The number of ether oxygens (including phenoxy) is 2. The highest BCUT2D eigenvalue weighted by Crippen LogP contribution is 2.39. The van der Waals surface area contributed by atoms with E-state index < -0.39 is 0 Å². The summed E-state index contributed by atoms with van der Waals surface area (Å²) in [6, 6.07) is 7.54. The Kier molecular flexibility index (Phi) is 5.93. The average molecular weight is 373 g/mol. The van der Waals surface area contributed by atoms with Crippen molar-refractivity contribution in [2.45, 2.75) is 39.5 Å². The van der Waals surface area contributed by atoms with Crippen molar-refractivity contribution in [3.8, 4) is 5.75 Å². The molecule has 138 valence electrons. The minimum Gasteiger partial charge on any atom is -0.484 e. The lowest BCUT2D eigenvalue weighted by molar-refractivity contribution is -0.118. The van der Waals surface area contributed by atoms with Crippen molar-refractivity contribution in [3.05, 3.63) is 45.8 Å². The number of fused-ring (bicyclic) bond motifs is 1. The molecule has 1 amide bonds. The molecule has 0 atom stereocenters. The van der Waals surface area contributed by atoms with Gasteiger partial charge in [-0.25, -0.2) is 4.79 Å². The van der Waals surface area contributed by atoms with Crippen molar-refractivity contribution in [3.63, 3.8) is 0 Å². The Morgan fingerprint density at radius 2 is 2.12 bits per heavy atom. The van der Waals surface area contributed by atoms with Gasteiger partial charge in [0.1, 0.15) is 10.8 Å². The van der Waals surface area contributed by atoms with E-state index in [0.29, 0.717) is 22.9 Å². The van der Waals surface area contributed by atoms with Crippen LogP contribution in [0.3, 0.4) is 0 Å². The molecule has 26 heavy (non-hydrogen) atoms. The fraction of sp³-hybridized carbons (Fsp3) is 0.400. The lowest BCUT2D eigenvalue weighted by atomic mass is 10.1. The molecule has 3 rings (SSSR count). The molecule has 0 aliphatic heterocycles. The molecular formula is C20H23NO4S. The van der Waals surface area contributed by atoms with Gasteiger partial charge in [0.2, 0.25) is 0 Å². The van der Waals surface area contributed by atoms with Crippen LogP contribution in [-0.4, -0.2) is 25.1 Å². The molecule has 2 aromatic rings. The maximum Gasteiger partial charge on any atom is 0.341 e. The first-order valence-electron chi connectivity index (χ1n) is 8.89. The van der Waals surface area contributed by atoms with E-state index in [9.17, 15) is 9.59 Å². The van der Waals surface area contributed by atoms with E-state index in [-0.39, 0.29) is 18.5 Å². The largest absolute Gasteiger partial charge is 0.484 e. The van der Waals surface area contributed by atoms with Crippen molar-refractivity contribution < 1.29 is 19.1 Å². The molecule has 0 spiro atoms. The van der Waals surface area contributed by atoms with Crippen molar-refractivity contribution in [1.82, 2.24) is 0 Å². The highest BCUT2D eigenvalue weighted by Gasteiger charge is 2.28. The highest BCUT2D eigenvalue weighted by molar-refractivity contribution is 7.17. The summed E-state index contributed by atoms with van der Waals surface area (Å²) in [5, 5.41) is 3.41. The molecule has 1 aromatic heterocycles. The van der Waals surface area contributed by atoms with Gasteiger partial charge >= 0.3 is 5.97 Å². The van der Waals surface area contributed by atoms with Gasteiger partial charge in [-0.3, -0.25) is 4.79 Å². The Hall–Kier alpha value is -2.34. The fourth-order valence-corrected chi connectivity index (χ4v) is 4.29. The van der Waals surface area contributed by atoms with Crippen molar-refractivity contribution in [2.75, 3.05) is 18.5 Å². The molecule has 0 fully saturated rings. The van der Waals surface area contributed by atoms with E-state index in [0.717, 1.165) is 36.8 Å². The SMILES string of the molecule is CCCOC(=O)c1c(NC(=O)COc2cccc(C)c2)sc2c1CCC2. The summed E-state index contributed by atoms with van der Waals surface area (Å²) in [6.45, 7) is 4.20. The topological polar surface area (TPSA) is 64.6 Å². The van der Waals surface area contributed by atoms with Gasteiger partial charge in [-0.15, -0.1) is 11.3 Å². The Labute approximate surface area is 157 Å². The fourth-order valence-electron chi connectivity index (χ4n) is 2.99. The minimum atomic E-state index is -0.346. The zero-order valence-corrected chi connectivity index (χ0v) is 15.9. The van der Waals surface area contributed by atoms with Crippen LogP contribution in [0.2, 0.25) is 0 Å². The molecule has 6 heteroatoms. The number of anilines is 1. The number of benzene rings is 1. The number of amides is 1. The first-order chi connectivity index (χ1) is 12.6. The van der Waals surface area contributed by atoms with E-state index in [4.69, 9.17) is 9.47 Å². The number of rotatable bonds is 7. The molecule has 5 nitrogen and oxygen atoms in total. The number of aryl methyl sites for hydroxylation is 2. The lowest BCUT2D eigenvalue weighted by Gasteiger charge is -2.09. The molecule has 0 saturated heterocycles. The van der Waals surface area contributed by atoms with Crippen LogP contribution in [0.25, 0.3) is 0 Å². The molecular weight excluding hydrogens is 350 g/mol. The highest BCUT2D eigenvalue weighted by atomic mass is 32.1. The zero-order chi connectivity index (χ0) is 18.5. The maximum absolute atomic E-state index is 12.4. The summed E-state index contributed by atoms with van der Waals surface area (Å²) in [5.41, 5.74) is 2.63. The van der Waals surface area contributed by atoms with E-state index in [1.165, 1.54) is 16.2 Å². The van der Waals surface area contributed by atoms with Gasteiger partial charge in [-0.2, -0.15) is 0 Å². The van der Waals surface area contributed by atoms with Gasteiger partial charge in [0, 0.05) is 4.88 Å². The minimum absolute atomic E-state index is 0.102. The van der Waals surface area contributed by atoms with Crippen LogP contribution >= 0.6 is 11.3 Å².